The molecule has 0 amide bonds. The van der Waals surface area contributed by atoms with Gasteiger partial charge in [-0.3, -0.25) is 4.72 Å². The van der Waals surface area contributed by atoms with E-state index in [2.05, 4.69) is 23.6 Å². The zero-order valence-electron chi connectivity index (χ0n) is 12.4. The van der Waals surface area contributed by atoms with E-state index in [1.54, 1.807) is 29.2 Å². The molecule has 0 aliphatic rings. The molecule has 7 heteroatoms. The zero-order valence-corrected chi connectivity index (χ0v) is 14.9. The molecule has 0 bridgehead atoms. The number of fused-ring (bicyclic) bond motifs is 1. The van der Waals surface area contributed by atoms with Crippen LogP contribution in [-0.2, 0) is 10.0 Å². The number of hydrogen-bond acceptors (Lipinski definition) is 5. The summed E-state index contributed by atoms with van der Waals surface area (Å²) in [7, 11) is -3.25. The first kappa shape index (κ1) is 16.6. The Morgan fingerprint density at radius 3 is 2.81 bits per heavy atom. The summed E-state index contributed by atoms with van der Waals surface area (Å²) < 4.78 is 28.5. The van der Waals surface area contributed by atoms with Crippen LogP contribution in [0, 0.1) is 0 Å². The Labute approximate surface area is 134 Å². The molecule has 1 N–H and O–H groups in total. The fraction of sp³-hybridized carbons (Fsp3) is 0.500. The number of aromatic nitrogens is 1. The highest BCUT2D eigenvalue weighted by Crippen LogP contribution is 2.33. The molecule has 0 atom stereocenters. The van der Waals surface area contributed by atoms with Crippen LogP contribution in [0.1, 0.15) is 33.6 Å². The van der Waals surface area contributed by atoms with Gasteiger partial charge in [0.2, 0.25) is 10.0 Å². The second kappa shape index (κ2) is 6.98. The molecule has 0 fully saturated rings. The number of nitrogens with zero attached hydrogens (tertiary/aromatic N) is 1. The molecule has 0 aliphatic carbocycles. The molecule has 21 heavy (non-hydrogen) atoms. The van der Waals surface area contributed by atoms with Crippen molar-refractivity contribution in [2.45, 2.75) is 43.2 Å². The molecule has 1 aromatic carbocycles. The summed E-state index contributed by atoms with van der Waals surface area (Å²) in [6.45, 7) is 6.24. The zero-order chi connectivity index (χ0) is 15.5. The number of thiazole rings is 1. The largest absolute Gasteiger partial charge is 0.284 e. The van der Waals surface area contributed by atoms with E-state index in [0.29, 0.717) is 17.4 Å². The molecule has 0 spiro atoms. The quantitative estimate of drug-likeness (QED) is 0.759. The van der Waals surface area contributed by atoms with Gasteiger partial charge in [-0.1, -0.05) is 39.0 Å². The van der Waals surface area contributed by atoms with Gasteiger partial charge in [-0.05, 0) is 24.6 Å². The van der Waals surface area contributed by atoms with Crippen LogP contribution in [0.2, 0.25) is 0 Å². The van der Waals surface area contributed by atoms with Crippen LogP contribution in [0.4, 0.5) is 5.69 Å². The van der Waals surface area contributed by atoms with E-state index in [1.807, 2.05) is 19.1 Å². The SMILES string of the molecule is CCCCS(=O)(=O)Nc1ccc2nc(SC(C)C)sc2c1. The van der Waals surface area contributed by atoms with Crippen LogP contribution < -0.4 is 4.72 Å². The highest BCUT2D eigenvalue weighted by Gasteiger charge is 2.11. The number of rotatable bonds is 7. The summed E-state index contributed by atoms with van der Waals surface area (Å²) in [5, 5.41) is 0.484. The first-order valence-corrected chi connectivity index (χ1v) is 10.3. The van der Waals surface area contributed by atoms with Crippen molar-refractivity contribution >= 4 is 49.0 Å². The van der Waals surface area contributed by atoms with Crippen LogP contribution in [0.3, 0.4) is 0 Å². The average molecular weight is 345 g/mol. The van der Waals surface area contributed by atoms with Crippen molar-refractivity contribution < 1.29 is 8.42 Å². The van der Waals surface area contributed by atoms with Gasteiger partial charge in [0.25, 0.3) is 0 Å². The fourth-order valence-corrected chi connectivity index (χ4v) is 5.37. The van der Waals surface area contributed by atoms with E-state index in [0.717, 1.165) is 21.0 Å². The lowest BCUT2D eigenvalue weighted by Crippen LogP contribution is -2.16. The summed E-state index contributed by atoms with van der Waals surface area (Å²) in [5.41, 5.74) is 1.53. The van der Waals surface area contributed by atoms with Crippen LogP contribution in [0.5, 0.6) is 0 Å². The van der Waals surface area contributed by atoms with Gasteiger partial charge in [0, 0.05) is 5.25 Å². The highest BCUT2D eigenvalue weighted by molar-refractivity contribution is 8.01. The Bertz CT molecular complexity index is 708. The minimum Gasteiger partial charge on any atom is -0.284 e. The van der Waals surface area contributed by atoms with E-state index >= 15 is 0 Å². The Hall–Kier alpha value is -0.790. The first-order chi connectivity index (χ1) is 9.89. The molecule has 116 valence electrons. The van der Waals surface area contributed by atoms with E-state index in [-0.39, 0.29) is 5.75 Å². The summed E-state index contributed by atoms with van der Waals surface area (Å²) in [6, 6.07) is 5.50. The van der Waals surface area contributed by atoms with E-state index in [9.17, 15) is 8.42 Å². The number of sulfonamides is 1. The fourth-order valence-electron chi connectivity index (χ4n) is 1.78. The number of thioether (sulfide) groups is 1. The van der Waals surface area contributed by atoms with Crippen molar-refractivity contribution in [2.24, 2.45) is 0 Å². The van der Waals surface area contributed by atoms with Gasteiger partial charge < -0.3 is 0 Å². The van der Waals surface area contributed by atoms with Gasteiger partial charge in [-0.15, -0.1) is 11.3 Å². The number of anilines is 1. The standard InChI is InChI=1S/C14H20N2O2S3/c1-4-5-8-21(17,18)16-11-6-7-12-13(9-11)20-14(15-12)19-10(2)3/h6-7,9-10,16H,4-5,8H2,1-3H3. The van der Waals surface area contributed by atoms with E-state index in [4.69, 9.17) is 0 Å². The summed E-state index contributed by atoms with van der Waals surface area (Å²) >= 11 is 3.32. The second-order valence-corrected chi connectivity index (χ2v) is 9.80. The van der Waals surface area contributed by atoms with Crippen molar-refractivity contribution in [3.05, 3.63) is 18.2 Å². The van der Waals surface area contributed by atoms with Crippen molar-refractivity contribution in [3.63, 3.8) is 0 Å². The molecule has 1 heterocycles. The van der Waals surface area contributed by atoms with Crippen molar-refractivity contribution in [1.29, 1.82) is 0 Å². The van der Waals surface area contributed by atoms with E-state index < -0.39 is 10.0 Å². The third-order valence-electron chi connectivity index (χ3n) is 2.75. The lowest BCUT2D eigenvalue weighted by atomic mass is 10.3. The van der Waals surface area contributed by atoms with Gasteiger partial charge in [0.05, 0.1) is 21.7 Å². The Morgan fingerprint density at radius 1 is 1.38 bits per heavy atom. The van der Waals surface area contributed by atoms with Crippen molar-refractivity contribution in [2.75, 3.05) is 10.5 Å². The Morgan fingerprint density at radius 2 is 2.14 bits per heavy atom. The Kier molecular flexibility index (Phi) is 5.51. The molecule has 2 rings (SSSR count). The van der Waals surface area contributed by atoms with Gasteiger partial charge in [-0.2, -0.15) is 0 Å². The normalized spacial score (nSPS) is 12.2. The summed E-state index contributed by atoms with van der Waals surface area (Å²) in [5.74, 6) is 0.165. The molecule has 0 radical (unpaired) electrons. The maximum Gasteiger partial charge on any atom is 0.232 e. The smallest absolute Gasteiger partial charge is 0.232 e. The average Bonchev–Trinajstić information content (AvgIpc) is 2.76. The lowest BCUT2D eigenvalue weighted by Gasteiger charge is -2.07. The summed E-state index contributed by atoms with van der Waals surface area (Å²) in [4.78, 5) is 4.54. The number of nitrogens with one attached hydrogen (secondary N) is 1. The van der Waals surface area contributed by atoms with E-state index in [1.165, 1.54) is 0 Å². The van der Waals surface area contributed by atoms with Gasteiger partial charge in [0.15, 0.2) is 4.34 Å². The molecule has 0 unspecified atom stereocenters. The van der Waals surface area contributed by atoms with Gasteiger partial charge in [0.1, 0.15) is 0 Å². The van der Waals surface area contributed by atoms with Gasteiger partial charge in [-0.25, -0.2) is 13.4 Å². The monoisotopic (exact) mass is 344 g/mol. The lowest BCUT2D eigenvalue weighted by molar-refractivity contribution is 0.598. The first-order valence-electron chi connectivity index (χ1n) is 6.97. The van der Waals surface area contributed by atoms with Crippen LogP contribution in [0.25, 0.3) is 10.2 Å². The van der Waals surface area contributed by atoms with Crippen LogP contribution in [-0.4, -0.2) is 24.4 Å². The molecule has 2 aromatic rings. The molecule has 0 saturated heterocycles. The number of benzene rings is 1. The molecule has 1 aromatic heterocycles. The topological polar surface area (TPSA) is 59.1 Å². The molecular weight excluding hydrogens is 324 g/mol. The third kappa shape index (κ3) is 4.86. The predicted molar refractivity (Wildman–Crippen MR) is 92.9 cm³/mol. The molecular formula is C14H20N2O2S3. The minimum absolute atomic E-state index is 0.165. The van der Waals surface area contributed by atoms with Crippen molar-refractivity contribution in [3.8, 4) is 0 Å². The highest BCUT2D eigenvalue weighted by atomic mass is 32.2. The summed E-state index contributed by atoms with van der Waals surface area (Å²) in [6.07, 6.45) is 1.54. The predicted octanol–water partition coefficient (Wildman–Crippen LogP) is 4.34. The molecule has 0 saturated carbocycles. The van der Waals surface area contributed by atoms with Crippen molar-refractivity contribution in [1.82, 2.24) is 4.98 Å². The maximum atomic E-state index is 11.9. The van der Waals surface area contributed by atoms with Crippen LogP contribution >= 0.6 is 23.1 Å². The van der Waals surface area contributed by atoms with Crippen LogP contribution in [0.15, 0.2) is 22.5 Å². The second-order valence-electron chi connectivity index (χ2n) is 5.10. The third-order valence-corrected chi connectivity index (χ3v) is 6.23. The Balaban J connectivity index is 2.18. The molecule has 4 nitrogen and oxygen atoms in total. The minimum atomic E-state index is -3.25. The number of unbranched alkanes of at least 4 members (excludes halogenated alkanes) is 1. The molecule has 0 aliphatic heterocycles. The van der Waals surface area contributed by atoms with Gasteiger partial charge >= 0.3 is 0 Å². The number of hydrogen-bond donors (Lipinski definition) is 1. The maximum absolute atomic E-state index is 11.9.